The van der Waals surface area contributed by atoms with Crippen molar-refractivity contribution in [3.8, 4) is 0 Å². The second-order valence-electron chi connectivity index (χ2n) is 5.43. The van der Waals surface area contributed by atoms with Gasteiger partial charge in [-0.25, -0.2) is 4.98 Å². The Morgan fingerprint density at radius 2 is 2.29 bits per heavy atom. The first-order chi connectivity index (χ1) is 9.15. The molecule has 1 saturated heterocycles. The second-order valence-corrected chi connectivity index (χ2v) is 6.32. The molecule has 2 N–H and O–H groups in total. The van der Waals surface area contributed by atoms with Crippen molar-refractivity contribution in [2.45, 2.75) is 51.5 Å². The molecule has 7 heteroatoms. The number of thiazole rings is 1. The van der Waals surface area contributed by atoms with Crippen LogP contribution in [0.4, 0.5) is 0 Å². The number of carbonyl (C=O) groups excluding carboxylic acids is 1. The molecule has 1 amide bonds. The van der Waals surface area contributed by atoms with Crippen molar-refractivity contribution in [1.29, 1.82) is 0 Å². The van der Waals surface area contributed by atoms with E-state index in [2.05, 4.69) is 34.8 Å². The first kappa shape index (κ1) is 20.6. The molecule has 1 aromatic heterocycles. The van der Waals surface area contributed by atoms with Gasteiger partial charge in [-0.2, -0.15) is 0 Å². The zero-order valence-electron chi connectivity index (χ0n) is 12.6. The minimum atomic E-state index is 0. The van der Waals surface area contributed by atoms with Crippen molar-refractivity contribution in [2.24, 2.45) is 0 Å². The van der Waals surface area contributed by atoms with Crippen LogP contribution in [0.3, 0.4) is 0 Å². The van der Waals surface area contributed by atoms with E-state index in [1.165, 1.54) is 11.4 Å². The maximum Gasteiger partial charge on any atom is 0.221 e. The first-order valence-corrected chi connectivity index (χ1v) is 7.97. The number of carbonyl (C=O) groups is 1. The average Bonchev–Trinajstić information content (AvgIpc) is 3.00. The second kappa shape index (κ2) is 10.4. The van der Waals surface area contributed by atoms with E-state index in [9.17, 15) is 4.79 Å². The molecule has 2 heterocycles. The van der Waals surface area contributed by atoms with Gasteiger partial charge in [-0.15, -0.1) is 36.2 Å². The van der Waals surface area contributed by atoms with Crippen molar-refractivity contribution >= 4 is 42.1 Å². The van der Waals surface area contributed by atoms with E-state index in [0.717, 1.165) is 25.1 Å². The van der Waals surface area contributed by atoms with E-state index in [0.29, 0.717) is 24.9 Å². The summed E-state index contributed by atoms with van der Waals surface area (Å²) in [4.78, 5) is 16.3. The Kier molecular flexibility index (Phi) is 10.2. The first-order valence-electron chi connectivity index (χ1n) is 7.09. The summed E-state index contributed by atoms with van der Waals surface area (Å²) in [7, 11) is 0. The molecule has 1 aliphatic heterocycles. The topological polar surface area (TPSA) is 54.0 Å². The predicted molar refractivity (Wildman–Crippen MR) is 93.1 cm³/mol. The summed E-state index contributed by atoms with van der Waals surface area (Å²) in [5.41, 5.74) is 1.09. The number of nitrogens with zero attached hydrogens (tertiary/aromatic N) is 1. The van der Waals surface area contributed by atoms with E-state index in [1.807, 2.05) is 0 Å². The lowest BCUT2D eigenvalue weighted by atomic mass is 10.1. The number of rotatable bonds is 6. The lowest BCUT2D eigenvalue weighted by Crippen LogP contribution is -2.32. The number of amides is 1. The normalized spacial score (nSPS) is 17.2. The van der Waals surface area contributed by atoms with Gasteiger partial charge in [0.15, 0.2) is 0 Å². The summed E-state index contributed by atoms with van der Waals surface area (Å²) in [6.45, 7) is 6.04. The number of nitrogens with one attached hydrogen (secondary N) is 2. The molecule has 1 atom stereocenters. The summed E-state index contributed by atoms with van der Waals surface area (Å²) in [6.07, 6.45) is 3.74. The number of hydrogen-bond acceptors (Lipinski definition) is 4. The van der Waals surface area contributed by atoms with Crippen molar-refractivity contribution in [2.75, 3.05) is 13.1 Å². The smallest absolute Gasteiger partial charge is 0.221 e. The molecule has 122 valence electrons. The summed E-state index contributed by atoms with van der Waals surface area (Å²) in [5.74, 6) is 0.639. The van der Waals surface area contributed by atoms with Gasteiger partial charge in [-0.05, 0) is 19.4 Å². The van der Waals surface area contributed by atoms with E-state index >= 15 is 0 Å². The minimum absolute atomic E-state index is 0. The van der Waals surface area contributed by atoms with Gasteiger partial charge in [0, 0.05) is 36.7 Å². The predicted octanol–water partition coefficient (Wildman–Crippen LogP) is 2.91. The van der Waals surface area contributed by atoms with Crippen LogP contribution >= 0.6 is 36.2 Å². The molecule has 0 saturated carbocycles. The van der Waals surface area contributed by atoms with E-state index in [-0.39, 0.29) is 30.7 Å². The Morgan fingerprint density at radius 1 is 1.52 bits per heavy atom. The van der Waals surface area contributed by atoms with Crippen molar-refractivity contribution in [1.82, 2.24) is 15.6 Å². The van der Waals surface area contributed by atoms with Crippen molar-refractivity contribution in [3.63, 3.8) is 0 Å². The van der Waals surface area contributed by atoms with Gasteiger partial charge in [-0.3, -0.25) is 4.79 Å². The Bertz CT molecular complexity index is 420. The average molecular weight is 354 g/mol. The fraction of sp³-hybridized carbons (Fsp3) is 0.714. The zero-order chi connectivity index (χ0) is 13.7. The zero-order valence-corrected chi connectivity index (χ0v) is 15.0. The molecular formula is C14H25Cl2N3OS. The van der Waals surface area contributed by atoms with Gasteiger partial charge in [0.05, 0.1) is 10.7 Å². The molecule has 21 heavy (non-hydrogen) atoms. The Hall–Kier alpha value is -0.360. The molecule has 0 radical (unpaired) electrons. The van der Waals surface area contributed by atoms with Crippen LogP contribution in [0.15, 0.2) is 5.38 Å². The summed E-state index contributed by atoms with van der Waals surface area (Å²) >= 11 is 1.71. The van der Waals surface area contributed by atoms with Gasteiger partial charge >= 0.3 is 0 Å². The number of halogens is 2. The summed E-state index contributed by atoms with van der Waals surface area (Å²) < 4.78 is 0. The fourth-order valence-electron chi connectivity index (χ4n) is 2.26. The van der Waals surface area contributed by atoms with Crippen LogP contribution in [0.25, 0.3) is 0 Å². The van der Waals surface area contributed by atoms with E-state index < -0.39 is 0 Å². The molecule has 4 nitrogen and oxygen atoms in total. The molecule has 0 bridgehead atoms. The molecule has 2 rings (SSSR count). The summed E-state index contributed by atoms with van der Waals surface area (Å²) in [6, 6.07) is 0.381. The highest BCUT2D eigenvalue weighted by atomic mass is 35.5. The molecule has 0 aromatic carbocycles. The Morgan fingerprint density at radius 3 is 2.86 bits per heavy atom. The van der Waals surface area contributed by atoms with Gasteiger partial charge in [0.2, 0.25) is 5.91 Å². The summed E-state index contributed by atoms with van der Waals surface area (Å²) in [5, 5.41) is 9.60. The SMILES string of the molecule is CC(C)c1nc(CCNC(=O)CC2CCCN2)cs1.Cl.Cl. The lowest BCUT2D eigenvalue weighted by Gasteiger charge is -2.09. The van der Waals surface area contributed by atoms with Gasteiger partial charge in [-0.1, -0.05) is 13.8 Å². The van der Waals surface area contributed by atoms with Crippen molar-refractivity contribution in [3.05, 3.63) is 16.1 Å². The maximum absolute atomic E-state index is 11.7. The van der Waals surface area contributed by atoms with E-state index in [4.69, 9.17) is 0 Å². The molecule has 1 aliphatic rings. The third-order valence-corrected chi connectivity index (χ3v) is 4.56. The van der Waals surface area contributed by atoms with Crippen LogP contribution in [0.5, 0.6) is 0 Å². The largest absolute Gasteiger partial charge is 0.356 e. The number of aromatic nitrogens is 1. The molecule has 0 spiro atoms. The highest BCUT2D eigenvalue weighted by Gasteiger charge is 2.17. The van der Waals surface area contributed by atoms with Crippen LogP contribution in [-0.4, -0.2) is 30.0 Å². The fourth-order valence-corrected chi connectivity index (χ4v) is 3.13. The third-order valence-electron chi connectivity index (χ3n) is 3.36. The Labute approximate surface area is 143 Å². The van der Waals surface area contributed by atoms with Crippen LogP contribution in [-0.2, 0) is 11.2 Å². The standard InChI is InChI=1S/C14H23N3OS.2ClH/c1-10(2)14-17-12(9-19-14)5-7-16-13(18)8-11-4-3-6-15-11;;/h9-11,15H,3-8H2,1-2H3,(H,16,18);2*1H. The van der Waals surface area contributed by atoms with Crippen LogP contribution in [0, 0.1) is 0 Å². The maximum atomic E-state index is 11.7. The molecular weight excluding hydrogens is 329 g/mol. The van der Waals surface area contributed by atoms with Crippen LogP contribution in [0.1, 0.15) is 49.7 Å². The van der Waals surface area contributed by atoms with Crippen LogP contribution in [0.2, 0.25) is 0 Å². The molecule has 1 fully saturated rings. The lowest BCUT2D eigenvalue weighted by molar-refractivity contribution is -0.121. The Balaban J connectivity index is 0.00000200. The molecule has 1 unspecified atom stereocenters. The molecule has 0 aliphatic carbocycles. The van der Waals surface area contributed by atoms with Crippen molar-refractivity contribution < 1.29 is 4.79 Å². The van der Waals surface area contributed by atoms with Gasteiger partial charge < -0.3 is 10.6 Å². The van der Waals surface area contributed by atoms with Gasteiger partial charge in [0.1, 0.15) is 0 Å². The number of hydrogen-bond donors (Lipinski definition) is 2. The molecule has 1 aromatic rings. The van der Waals surface area contributed by atoms with Crippen LogP contribution < -0.4 is 10.6 Å². The third kappa shape index (κ3) is 6.96. The monoisotopic (exact) mass is 353 g/mol. The van der Waals surface area contributed by atoms with Gasteiger partial charge in [0.25, 0.3) is 0 Å². The minimum Gasteiger partial charge on any atom is -0.356 e. The highest BCUT2D eigenvalue weighted by molar-refractivity contribution is 7.09. The highest BCUT2D eigenvalue weighted by Crippen LogP contribution is 2.19. The quantitative estimate of drug-likeness (QED) is 0.826. The van der Waals surface area contributed by atoms with E-state index in [1.54, 1.807) is 11.3 Å².